The second-order valence-electron chi connectivity index (χ2n) is 7.22. The molecule has 3 nitrogen and oxygen atoms in total. The zero-order valence-electron chi connectivity index (χ0n) is 16.2. The van der Waals surface area contributed by atoms with Crippen molar-refractivity contribution >= 4 is 44.6 Å². The maximum atomic E-state index is 11.3. The Hall–Kier alpha value is -4.11. The van der Waals surface area contributed by atoms with Crippen LogP contribution in [0.5, 0.6) is 0 Å². The maximum absolute atomic E-state index is 11.3. The van der Waals surface area contributed by atoms with E-state index in [4.69, 9.17) is 0 Å². The molecule has 0 atom stereocenters. The monoisotopic (exact) mass is 389 g/mol. The van der Waals surface area contributed by atoms with Crippen molar-refractivity contribution in [1.82, 2.24) is 0 Å². The number of anilines is 3. The molecule has 0 saturated heterocycles. The highest BCUT2D eigenvalue weighted by Crippen LogP contribution is 2.39. The summed E-state index contributed by atoms with van der Waals surface area (Å²) >= 11 is 0. The number of hydrogen-bond donors (Lipinski definition) is 1. The van der Waals surface area contributed by atoms with Crippen molar-refractivity contribution in [3.63, 3.8) is 0 Å². The summed E-state index contributed by atoms with van der Waals surface area (Å²) in [7, 11) is 0. The lowest BCUT2D eigenvalue weighted by Gasteiger charge is -2.27. The van der Waals surface area contributed by atoms with E-state index in [9.17, 15) is 9.90 Å². The average Bonchev–Trinajstić information content (AvgIpc) is 2.80. The summed E-state index contributed by atoms with van der Waals surface area (Å²) in [4.78, 5) is 13.5. The highest BCUT2D eigenvalue weighted by atomic mass is 16.4. The van der Waals surface area contributed by atoms with Crippen molar-refractivity contribution in [2.45, 2.75) is 0 Å². The third-order valence-corrected chi connectivity index (χ3v) is 5.37. The van der Waals surface area contributed by atoms with E-state index < -0.39 is 5.97 Å². The molecule has 0 aromatic heterocycles. The molecule has 5 rings (SSSR count). The molecule has 30 heavy (non-hydrogen) atoms. The predicted molar refractivity (Wildman–Crippen MR) is 123 cm³/mol. The van der Waals surface area contributed by atoms with E-state index in [2.05, 4.69) is 65.6 Å². The number of fused-ring (bicyclic) bond motifs is 2. The molecule has 0 radical (unpaired) electrons. The molecule has 0 spiro atoms. The van der Waals surface area contributed by atoms with Gasteiger partial charge in [-0.3, -0.25) is 0 Å². The van der Waals surface area contributed by atoms with Gasteiger partial charge in [0, 0.05) is 16.8 Å². The zero-order chi connectivity index (χ0) is 20.5. The van der Waals surface area contributed by atoms with Gasteiger partial charge in [0.15, 0.2) is 0 Å². The Morgan fingerprint density at radius 1 is 0.600 bits per heavy atom. The Labute approximate surface area is 174 Å². The van der Waals surface area contributed by atoms with Gasteiger partial charge >= 0.3 is 5.97 Å². The summed E-state index contributed by atoms with van der Waals surface area (Å²) < 4.78 is 0. The van der Waals surface area contributed by atoms with Crippen molar-refractivity contribution in [3.8, 4) is 0 Å². The van der Waals surface area contributed by atoms with Crippen molar-refractivity contribution in [2.75, 3.05) is 4.90 Å². The van der Waals surface area contributed by atoms with E-state index in [1.807, 2.05) is 36.4 Å². The molecule has 0 bridgehead atoms. The van der Waals surface area contributed by atoms with E-state index in [1.54, 1.807) is 12.1 Å². The molecule has 0 fully saturated rings. The summed E-state index contributed by atoms with van der Waals surface area (Å²) in [6.07, 6.45) is 0. The first-order chi connectivity index (χ1) is 14.7. The summed E-state index contributed by atoms with van der Waals surface area (Å²) in [5.41, 5.74) is 3.25. The topological polar surface area (TPSA) is 40.5 Å². The third-order valence-electron chi connectivity index (χ3n) is 5.37. The van der Waals surface area contributed by atoms with Gasteiger partial charge in [-0.05, 0) is 58.6 Å². The van der Waals surface area contributed by atoms with Gasteiger partial charge in [0.2, 0.25) is 0 Å². The lowest BCUT2D eigenvalue weighted by Crippen LogP contribution is -2.11. The van der Waals surface area contributed by atoms with Crippen LogP contribution in [0.3, 0.4) is 0 Å². The minimum atomic E-state index is -0.927. The molecule has 1 N–H and O–H groups in total. The Kier molecular flexibility index (Phi) is 4.41. The van der Waals surface area contributed by atoms with Crippen LogP contribution in [0, 0.1) is 0 Å². The smallest absolute Gasteiger partial charge is 0.335 e. The fourth-order valence-electron chi connectivity index (χ4n) is 3.90. The van der Waals surface area contributed by atoms with Crippen LogP contribution >= 0.6 is 0 Å². The molecule has 0 unspecified atom stereocenters. The summed E-state index contributed by atoms with van der Waals surface area (Å²) in [5.74, 6) is -0.927. The van der Waals surface area contributed by atoms with Crippen molar-refractivity contribution in [1.29, 1.82) is 0 Å². The number of nitrogens with zero attached hydrogens (tertiary/aromatic N) is 1. The van der Waals surface area contributed by atoms with Crippen molar-refractivity contribution in [2.24, 2.45) is 0 Å². The first-order valence-corrected chi connectivity index (χ1v) is 9.81. The number of carboxylic acids is 1. The van der Waals surface area contributed by atoms with Crippen LogP contribution in [0.1, 0.15) is 10.4 Å². The zero-order valence-corrected chi connectivity index (χ0v) is 16.2. The standard InChI is InChI=1S/C27H19NO2/c29-27(30)21-13-15-23(16-14-21)28(24-17-12-19-6-1-2-8-22(19)18-24)26-11-5-9-20-7-3-4-10-25(20)26/h1-18H,(H,29,30). The van der Waals surface area contributed by atoms with E-state index in [-0.39, 0.29) is 5.56 Å². The Bertz CT molecular complexity index is 1370. The summed E-state index contributed by atoms with van der Waals surface area (Å²) in [6.45, 7) is 0. The lowest BCUT2D eigenvalue weighted by atomic mass is 10.0. The molecule has 3 heteroatoms. The number of benzene rings is 5. The van der Waals surface area contributed by atoms with Crippen molar-refractivity contribution in [3.05, 3.63) is 115 Å². The SMILES string of the molecule is O=C(O)c1ccc(N(c2ccc3ccccc3c2)c2cccc3ccccc23)cc1. The van der Waals surface area contributed by atoms with Crippen LogP contribution in [-0.4, -0.2) is 11.1 Å². The number of carbonyl (C=O) groups is 1. The number of aromatic carboxylic acids is 1. The molecule has 0 aliphatic carbocycles. The molecule has 0 aliphatic rings. The predicted octanol–water partition coefficient (Wildman–Crippen LogP) is 7.16. The first kappa shape index (κ1) is 18.0. The van der Waals surface area contributed by atoms with Gasteiger partial charge < -0.3 is 10.0 Å². The van der Waals surface area contributed by atoms with Crippen LogP contribution in [0.4, 0.5) is 17.1 Å². The maximum Gasteiger partial charge on any atom is 0.335 e. The van der Waals surface area contributed by atoms with Gasteiger partial charge in [-0.2, -0.15) is 0 Å². The number of hydrogen-bond acceptors (Lipinski definition) is 2. The van der Waals surface area contributed by atoms with Crippen LogP contribution in [0.2, 0.25) is 0 Å². The Morgan fingerprint density at radius 3 is 2.00 bits per heavy atom. The van der Waals surface area contributed by atoms with Crippen LogP contribution in [-0.2, 0) is 0 Å². The van der Waals surface area contributed by atoms with Gasteiger partial charge in [-0.15, -0.1) is 0 Å². The third kappa shape index (κ3) is 3.16. The largest absolute Gasteiger partial charge is 0.478 e. The van der Waals surface area contributed by atoms with E-state index in [1.165, 1.54) is 5.39 Å². The minimum Gasteiger partial charge on any atom is -0.478 e. The minimum absolute atomic E-state index is 0.273. The second kappa shape index (κ2) is 7.37. The summed E-state index contributed by atoms with van der Waals surface area (Å²) in [6, 6.07) is 36.2. The fourth-order valence-corrected chi connectivity index (χ4v) is 3.90. The summed E-state index contributed by atoms with van der Waals surface area (Å²) in [5, 5.41) is 13.9. The average molecular weight is 389 g/mol. The van der Waals surface area contributed by atoms with Crippen LogP contribution in [0.15, 0.2) is 109 Å². The van der Waals surface area contributed by atoms with Gasteiger partial charge in [-0.25, -0.2) is 4.79 Å². The van der Waals surface area contributed by atoms with Crippen molar-refractivity contribution < 1.29 is 9.90 Å². The molecule has 5 aromatic carbocycles. The molecule has 5 aromatic rings. The highest BCUT2D eigenvalue weighted by Gasteiger charge is 2.16. The molecule has 0 aliphatic heterocycles. The molecule has 0 heterocycles. The number of rotatable bonds is 4. The Balaban J connectivity index is 1.75. The molecule has 0 amide bonds. The fraction of sp³-hybridized carbons (Fsp3) is 0. The molecular formula is C27H19NO2. The molecular weight excluding hydrogens is 370 g/mol. The normalized spacial score (nSPS) is 10.9. The van der Waals surface area contributed by atoms with Gasteiger partial charge in [0.25, 0.3) is 0 Å². The van der Waals surface area contributed by atoms with Crippen LogP contribution in [0.25, 0.3) is 21.5 Å². The Morgan fingerprint density at radius 2 is 1.23 bits per heavy atom. The van der Waals surface area contributed by atoms with E-state index in [0.717, 1.165) is 33.2 Å². The highest BCUT2D eigenvalue weighted by molar-refractivity contribution is 6.00. The molecule has 144 valence electrons. The molecule has 0 saturated carbocycles. The van der Waals surface area contributed by atoms with E-state index in [0.29, 0.717) is 0 Å². The van der Waals surface area contributed by atoms with Crippen LogP contribution < -0.4 is 4.90 Å². The van der Waals surface area contributed by atoms with Gasteiger partial charge in [0.05, 0.1) is 11.3 Å². The quantitative estimate of drug-likeness (QED) is 0.354. The second-order valence-corrected chi connectivity index (χ2v) is 7.22. The van der Waals surface area contributed by atoms with Gasteiger partial charge in [0.1, 0.15) is 0 Å². The first-order valence-electron chi connectivity index (χ1n) is 9.81. The van der Waals surface area contributed by atoms with E-state index >= 15 is 0 Å². The number of carboxylic acid groups (broad SMARTS) is 1. The lowest BCUT2D eigenvalue weighted by molar-refractivity contribution is 0.0697. The van der Waals surface area contributed by atoms with Gasteiger partial charge in [-0.1, -0.05) is 66.7 Å².